The summed E-state index contributed by atoms with van der Waals surface area (Å²) in [7, 11) is 0. The van der Waals surface area contributed by atoms with Crippen LogP contribution < -0.4 is 4.74 Å². The summed E-state index contributed by atoms with van der Waals surface area (Å²) in [5.41, 5.74) is 1.17. The molecule has 0 atom stereocenters. The molecular formula is C9H8CuOTiV. The van der Waals surface area contributed by atoms with E-state index in [2.05, 4.69) is 6.08 Å². The van der Waals surface area contributed by atoms with Crippen molar-refractivity contribution >= 4 is 6.08 Å². The van der Waals surface area contributed by atoms with Crippen LogP contribution in [-0.4, -0.2) is 6.61 Å². The minimum absolute atomic E-state index is 0. The Morgan fingerprint density at radius 1 is 1.15 bits per heavy atom. The summed E-state index contributed by atoms with van der Waals surface area (Å²) in [6, 6.07) is 8.03. The van der Waals surface area contributed by atoms with E-state index in [9.17, 15) is 0 Å². The second-order valence-corrected chi connectivity index (χ2v) is 2.25. The average molecular weight is 295 g/mol. The molecule has 1 nitrogen and oxygen atoms in total. The Balaban J connectivity index is 0. The third kappa shape index (κ3) is 4.08. The maximum atomic E-state index is 5.34. The number of rotatable bonds is 0. The van der Waals surface area contributed by atoms with Gasteiger partial charge in [-0.3, -0.25) is 0 Å². The Morgan fingerprint density at radius 3 is 2.54 bits per heavy atom. The summed E-state index contributed by atoms with van der Waals surface area (Å²) in [5.74, 6) is 0.991. The summed E-state index contributed by atoms with van der Waals surface area (Å²) in [4.78, 5) is 0. The van der Waals surface area contributed by atoms with Gasteiger partial charge in [0.25, 0.3) is 0 Å². The van der Waals surface area contributed by atoms with Crippen molar-refractivity contribution in [2.75, 3.05) is 6.61 Å². The Hall–Kier alpha value is 0.578. The quantitative estimate of drug-likeness (QED) is 0.666. The number of ether oxygens (including phenoxy) is 1. The van der Waals surface area contributed by atoms with Gasteiger partial charge < -0.3 is 4.74 Å². The SMILES string of the molecule is C1=Cc2ccccc2OC1.[Cu].[Ti].[V]. The van der Waals surface area contributed by atoms with Gasteiger partial charge in [-0.2, -0.15) is 0 Å². The predicted molar refractivity (Wildman–Crippen MR) is 41.0 cm³/mol. The molecular weight excluding hydrogens is 286 g/mol. The topological polar surface area (TPSA) is 9.23 Å². The minimum atomic E-state index is 0. The second-order valence-electron chi connectivity index (χ2n) is 2.25. The van der Waals surface area contributed by atoms with Crippen LogP contribution in [0.25, 0.3) is 6.08 Å². The van der Waals surface area contributed by atoms with E-state index in [1.54, 1.807) is 0 Å². The normalized spacial score (nSPS) is 10.8. The average Bonchev–Trinajstić information content (AvgIpc) is 2.05. The van der Waals surface area contributed by atoms with Gasteiger partial charge in [0.05, 0.1) is 0 Å². The zero-order chi connectivity index (χ0) is 6.81. The molecule has 0 aromatic heterocycles. The number of benzene rings is 1. The van der Waals surface area contributed by atoms with Crippen molar-refractivity contribution < 1.29 is 62.1 Å². The number of para-hydroxylation sites is 1. The molecule has 70 valence electrons. The molecule has 1 aliphatic rings. The molecule has 2 rings (SSSR count). The fourth-order valence-electron chi connectivity index (χ4n) is 1.06. The first-order chi connectivity index (χ1) is 4.97. The van der Waals surface area contributed by atoms with Gasteiger partial charge in [-0.25, -0.2) is 0 Å². The molecule has 0 aliphatic carbocycles. The smallest absolute Gasteiger partial charge is 0.126 e. The number of hydrogen-bond donors (Lipinski definition) is 0. The third-order valence-corrected chi connectivity index (χ3v) is 1.55. The summed E-state index contributed by atoms with van der Waals surface area (Å²) in [6.07, 6.45) is 4.10. The van der Waals surface area contributed by atoms with Crippen molar-refractivity contribution in [1.29, 1.82) is 0 Å². The first-order valence-corrected chi connectivity index (χ1v) is 3.35. The number of hydrogen-bond acceptors (Lipinski definition) is 1. The summed E-state index contributed by atoms with van der Waals surface area (Å²) >= 11 is 0. The zero-order valence-electron chi connectivity index (χ0n) is 6.83. The van der Waals surface area contributed by atoms with Crippen LogP contribution in [0.5, 0.6) is 5.75 Å². The van der Waals surface area contributed by atoms with Crippen molar-refractivity contribution in [3.05, 3.63) is 35.9 Å². The van der Waals surface area contributed by atoms with Crippen LogP contribution in [0.15, 0.2) is 30.3 Å². The van der Waals surface area contributed by atoms with Crippen LogP contribution in [0.2, 0.25) is 0 Å². The molecule has 0 saturated heterocycles. The standard InChI is InChI=1S/C9H8O.Cu.Ti.V/c1-2-6-9-8(4-1)5-3-7-10-9;;;/h1-6H,7H2;;;. The van der Waals surface area contributed by atoms with E-state index >= 15 is 0 Å². The van der Waals surface area contributed by atoms with E-state index in [1.165, 1.54) is 5.56 Å². The Kier molecular flexibility index (Phi) is 9.78. The van der Waals surface area contributed by atoms with Crippen LogP contribution in [0.3, 0.4) is 0 Å². The van der Waals surface area contributed by atoms with E-state index in [-0.39, 0.29) is 57.3 Å². The predicted octanol–water partition coefficient (Wildman–Crippen LogP) is 2.08. The Labute approximate surface area is 116 Å². The molecule has 0 N–H and O–H groups in total. The molecule has 2 radical (unpaired) electrons. The first kappa shape index (κ1) is 16.0. The summed E-state index contributed by atoms with van der Waals surface area (Å²) in [6.45, 7) is 0.705. The van der Waals surface area contributed by atoms with Gasteiger partial charge in [0.15, 0.2) is 0 Å². The van der Waals surface area contributed by atoms with E-state index in [1.807, 2.05) is 30.3 Å². The molecule has 1 aliphatic heterocycles. The van der Waals surface area contributed by atoms with Crippen molar-refractivity contribution in [2.24, 2.45) is 0 Å². The van der Waals surface area contributed by atoms with Gasteiger partial charge >= 0.3 is 0 Å². The fraction of sp³-hybridized carbons (Fsp3) is 0.111. The fourth-order valence-corrected chi connectivity index (χ4v) is 1.06. The van der Waals surface area contributed by atoms with Crippen molar-refractivity contribution in [3.63, 3.8) is 0 Å². The van der Waals surface area contributed by atoms with E-state index in [0.29, 0.717) is 6.61 Å². The van der Waals surface area contributed by atoms with E-state index < -0.39 is 0 Å². The van der Waals surface area contributed by atoms with Crippen LogP contribution in [0.1, 0.15) is 5.56 Å². The van der Waals surface area contributed by atoms with Crippen molar-refractivity contribution in [3.8, 4) is 5.75 Å². The Morgan fingerprint density at radius 2 is 1.85 bits per heavy atom. The van der Waals surface area contributed by atoms with Gasteiger partial charge in [-0.05, 0) is 12.1 Å². The van der Waals surface area contributed by atoms with Gasteiger partial charge in [-0.15, -0.1) is 0 Å². The second kappa shape index (κ2) is 7.93. The van der Waals surface area contributed by atoms with Crippen LogP contribution in [-0.2, 0) is 57.3 Å². The molecule has 0 spiro atoms. The van der Waals surface area contributed by atoms with E-state index in [0.717, 1.165) is 5.75 Å². The summed E-state index contributed by atoms with van der Waals surface area (Å²) in [5, 5.41) is 0. The largest absolute Gasteiger partial charge is 0.489 e. The molecule has 13 heavy (non-hydrogen) atoms. The molecule has 1 heterocycles. The number of fused-ring (bicyclic) bond motifs is 1. The van der Waals surface area contributed by atoms with E-state index in [4.69, 9.17) is 4.74 Å². The molecule has 1 aromatic rings. The van der Waals surface area contributed by atoms with Gasteiger partial charge in [0.1, 0.15) is 12.4 Å². The zero-order valence-corrected chi connectivity index (χ0v) is 10.7. The molecule has 0 unspecified atom stereocenters. The monoisotopic (exact) mass is 294 g/mol. The summed E-state index contributed by atoms with van der Waals surface area (Å²) < 4.78 is 5.34. The van der Waals surface area contributed by atoms with Crippen LogP contribution >= 0.6 is 0 Å². The maximum Gasteiger partial charge on any atom is 0.126 e. The van der Waals surface area contributed by atoms with Crippen LogP contribution in [0.4, 0.5) is 0 Å². The Bertz CT molecular complexity index is 278. The third-order valence-electron chi connectivity index (χ3n) is 1.55. The molecule has 0 bridgehead atoms. The maximum absolute atomic E-state index is 5.34. The molecule has 4 heteroatoms. The van der Waals surface area contributed by atoms with Gasteiger partial charge in [0, 0.05) is 62.9 Å². The van der Waals surface area contributed by atoms with Gasteiger partial charge in [-0.1, -0.05) is 24.3 Å². The molecule has 0 fully saturated rings. The molecule has 0 amide bonds. The molecule has 1 aromatic carbocycles. The van der Waals surface area contributed by atoms with Gasteiger partial charge in [0.2, 0.25) is 0 Å². The first-order valence-electron chi connectivity index (χ1n) is 3.35. The minimum Gasteiger partial charge on any atom is -0.489 e. The van der Waals surface area contributed by atoms with Crippen molar-refractivity contribution in [1.82, 2.24) is 0 Å². The van der Waals surface area contributed by atoms with Crippen LogP contribution in [0, 0.1) is 0 Å². The molecule has 0 saturated carbocycles. The van der Waals surface area contributed by atoms with Crippen molar-refractivity contribution in [2.45, 2.75) is 0 Å².